The minimum atomic E-state index is -1.49. The highest BCUT2D eigenvalue weighted by atomic mass is 16.6. The number of hydrogen-bond donors (Lipinski definition) is 4. The Morgan fingerprint density at radius 2 is 1.86 bits per heavy atom. The van der Waals surface area contributed by atoms with E-state index in [4.69, 9.17) is 15.3 Å². The molecule has 0 aliphatic rings. The molecule has 0 aromatic carbocycles. The molecule has 84 valence electrons. The van der Waals surface area contributed by atoms with Crippen molar-refractivity contribution >= 4 is 5.97 Å². The van der Waals surface area contributed by atoms with E-state index < -0.39 is 37.5 Å². The van der Waals surface area contributed by atoms with Gasteiger partial charge in [-0.1, -0.05) is 6.92 Å². The van der Waals surface area contributed by atoms with Crippen molar-refractivity contribution in [3.8, 4) is 0 Å². The van der Waals surface area contributed by atoms with E-state index in [1.165, 1.54) is 0 Å². The van der Waals surface area contributed by atoms with Gasteiger partial charge in [0.2, 0.25) is 0 Å². The number of carbonyl (C=O) groups excluding carboxylic acids is 1. The summed E-state index contributed by atoms with van der Waals surface area (Å²) in [4.78, 5) is 10.8. The highest BCUT2D eigenvalue weighted by molar-refractivity contribution is 5.69. The van der Waals surface area contributed by atoms with Crippen LogP contribution in [0.2, 0.25) is 0 Å². The van der Waals surface area contributed by atoms with Gasteiger partial charge in [-0.3, -0.25) is 4.79 Å². The van der Waals surface area contributed by atoms with E-state index >= 15 is 0 Å². The van der Waals surface area contributed by atoms with E-state index in [1.807, 2.05) is 0 Å². The summed E-state index contributed by atoms with van der Waals surface area (Å²) in [5, 5.41) is 35.5. The van der Waals surface area contributed by atoms with Crippen LogP contribution in [0, 0.1) is 0 Å². The van der Waals surface area contributed by atoms with Crippen LogP contribution < -0.4 is 0 Å². The Labute approximate surface area is 81.7 Å². The number of aliphatic hydroxyl groups excluding tert-OH is 4. The SMILES string of the molecule is CCC(=O)OC(CO)C(O)C(O)CO. The van der Waals surface area contributed by atoms with Gasteiger partial charge >= 0.3 is 5.97 Å². The summed E-state index contributed by atoms with van der Waals surface area (Å²) in [7, 11) is 0. The normalized spacial score (nSPS) is 17.2. The number of carbonyl (C=O) groups is 1. The van der Waals surface area contributed by atoms with E-state index in [0.29, 0.717) is 0 Å². The number of rotatable bonds is 6. The second-order valence-electron chi connectivity index (χ2n) is 2.80. The minimum Gasteiger partial charge on any atom is -0.457 e. The molecular weight excluding hydrogens is 192 g/mol. The maximum Gasteiger partial charge on any atom is 0.305 e. The third-order valence-electron chi connectivity index (χ3n) is 1.71. The molecule has 0 saturated carbocycles. The second-order valence-corrected chi connectivity index (χ2v) is 2.80. The number of esters is 1. The van der Waals surface area contributed by atoms with Crippen molar-refractivity contribution in [2.75, 3.05) is 13.2 Å². The van der Waals surface area contributed by atoms with Gasteiger partial charge < -0.3 is 25.2 Å². The molecule has 6 heteroatoms. The molecule has 3 unspecified atom stereocenters. The zero-order valence-corrected chi connectivity index (χ0v) is 7.96. The zero-order valence-electron chi connectivity index (χ0n) is 7.96. The maximum absolute atomic E-state index is 10.8. The van der Waals surface area contributed by atoms with Crippen molar-refractivity contribution in [1.82, 2.24) is 0 Å². The Balaban J connectivity index is 4.18. The molecule has 0 rings (SSSR count). The lowest BCUT2D eigenvalue weighted by molar-refractivity contribution is -0.165. The van der Waals surface area contributed by atoms with Crippen molar-refractivity contribution < 1.29 is 30.0 Å². The van der Waals surface area contributed by atoms with Gasteiger partial charge in [-0.05, 0) is 0 Å². The first-order chi connectivity index (χ1) is 6.56. The van der Waals surface area contributed by atoms with E-state index in [2.05, 4.69) is 4.74 Å². The third kappa shape index (κ3) is 4.01. The summed E-state index contributed by atoms with van der Waals surface area (Å²) < 4.78 is 4.62. The first-order valence-electron chi connectivity index (χ1n) is 4.34. The molecule has 0 amide bonds. The van der Waals surface area contributed by atoms with Crippen LogP contribution in [0.4, 0.5) is 0 Å². The average molecular weight is 208 g/mol. The Morgan fingerprint density at radius 1 is 1.29 bits per heavy atom. The second kappa shape index (κ2) is 6.72. The van der Waals surface area contributed by atoms with Crippen molar-refractivity contribution in [2.24, 2.45) is 0 Å². The standard InChI is InChI=1S/C8H16O6/c1-2-7(12)14-6(4-10)8(13)5(11)3-9/h5-6,8-11,13H,2-4H2,1H3. The fourth-order valence-electron chi connectivity index (χ4n) is 0.823. The van der Waals surface area contributed by atoms with Gasteiger partial charge in [0.25, 0.3) is 0 Å². The molecular formula is C8H16O6. The van der Waals surface area contributed by atoms with Gasteiger partial charge in [-0.25, -0.2) is 0 Å². The highest BCUT2D eigenvalue weighted by Gasteiger charge is 2.28. The van der Waals surface area contributed by atoms with Crippen molar-refractivity contribution in [2.45, 2.75) is 31.7 Å². The molecule has 3 atom stereocenters. The van der Waals surface area contributed by atoms with E-state index in [-0.39, 0.29) is 6.42 Å². The van der Waals surface area contributed by atoms with E-state index in [0.717, 1.165) is 0 Å². The Hall–Kier alpha value is -0.690. The van der Waals surface area contributed by atoms with Gasteiger partial charge in [0.1, 0.15) is 12.2 Å². The maximum atomic E-state index is 10.8. The van der Waals surface area contributed by atoms with Gasteiger partial charge in [0.15, 0.2) is 6.10 Å². The van der Waals surface area contributed by atoms with Gasteiger partial charge in [0.05, 0.1) is 13.2 Å². The Bertz CT molecular complexity index is 171. The lowest BCUT2D eigenvalue weighted by Crippen LogP contribution is -2.43. The predicted molar refractivity (Wildman–Crippen MR) is 46.4 cm³/mol. The molecule has 0 bridgehead atoms. The molecule has 14 heavy (non-hydrogen) atoms. The third-order valence-corrected chi connectivity index (χ3v) is 1.71. The fourth-order valence-corrected chi connectivity index (χ4v) is 0.823. The number of aliphatic hydroxyl groups is 4. The molecule has 0 heterocycles. The van der Waals surface area contributed by atoms with Crippen LogP contribution in [0.1, 0.15) is 13.3 Å². The van der Waals surface area contributed by atoms with Crippen LogP contribution in [-0.4, -0.2) is 57.9 Å². The summed E-state index contributed by atoms with van der Waals surface area (Å²) in [6, 6.07) is 0. The fraction of sp³-hybridized carbons (Fsp3) is 0.875. The first kappa shape index (κ1) is 13.3. The Kier molecular flexibility index (Phi) is 6.39. The lowest BCUT2D eigenvalue weighted by atomic mass is 10.1. The summed E-state index contributed by atoms with van der Waals surface area (Å²) in [5.41, 5.74) is 0. The zero-order chi connectivity index (χ0) is 11.1. The molecule has 0 aliphatic heterocycles. The molecule has 0 aromatic heterocycles. The average Bonchev–Trinajstić information content (AvgIpc) is 2.23. The number of hydrogen-bond acceptors (Lipinski definition) is 6. The van der Waals surface area contributed by atoms with Crippen LogP contribution in [0.3, 0.4) is 0 Å². The summed E-state index contributed by atoms with van der Waals surface area (Å²) in [6.07, 6.45) is -4.01. The van der Waals surface area contributed by atoms with Gasteiger partial charge in [-0.15, -0.1) is 0 Å². The molecule has 0 fully saturated rings. The Morgan fingerprint density at radius 3 is 2.21 bits per heavy atom. The smallest absolute Gasteiger partial charge is 0.305 e. The molecule has 0 saturated heterocycles. The first-order valence-corrected chi connectivity index (χ1v) is 4.34. The van der Waals surface area contributed by atoms with Crippen LogP contribution in [0.15, 0.2) is 0 Å². The predicted octanol–water partition coefficient (Wildman–Crippen LogP) is -1.99. The number of ether oxygens (including phenoxy) is 1. The molecule has 0 aromatic rings. The summed E-state index contributed by atoms with van der Waals surface area (Å²) in [6.45, 7) is 0.289. The molecule has 4 N–H and O–H groups in total. The van der Waals surface area contributed by atoms with Crippen LogP contribution in [0.25, 0.3) is 0 Å². The van der Waals surface area contributed by atoms with Crippen molar-refractivity contribution in [1.29, 1.82) is 0 Å². The largest absolute Gasteiger partial charge is 0.457 e. The van der Waals surface area contributed by atoms with E-state index in [1.54, 1.807) is 6.92 Å². The topological polar surface area (TPSA) is 107 Å². The van der Waals surface area contributed by atoms with Crippen LogP contribution in [0.5, 0.6) is 0 Å². The van der Waals surface area contributed by atoms with E-state index in [9.17, 15) is 9.90 Å². The quantitative estimate of drug-likeness (QED) is 0.377. The summed E-state index contributed by atoms with van der Waals surface area (Å²) >= 11 is 0. The minimum absolute atomic E-state index is 0.110. The van der Waals surface area contributed by atoms with Gasteiger partial charge in [-0.2, -0.15) is 0 Å². The van der Waals surface area contributed by atoms with Crippen LogP contribution in [-0.2, 0) is 9.53 Å². The molecule has 0 spiro atoms. The molecule has 0 radical (unpaired) electrons. The lowest BCUT2D eigenvalue weighted by Gasteiger charge is -2.23. The van der Waals surface area contributed by atoms with Gasteiger partial charge in [0, 0.05) is 6.42 Å². The highest BCUT2D eigenvalue weighted by Crippen LogP contribution is 2.05. The monoisotopic (exact) mass is 208 g/mol. The molecule has 6 nitrogen and oxygen atoms in total. The summed E-state index contributed by atoms with van der Waals surface area (Å²) in [5.74, 6) is -0.590. The van der Waals surface area contributed by atoms with Crippen LogP contribution >= 0.6 is 0 Å². The van der Waals surface area contributed by atoms with Crippen molar-refractivity contribution in [3.63, 3.8) is 0 Å². The molecule has 0 aliphatic carbocycles. The van der Waals surface area contributed by atoms with Crippen molar-refractivity contribution in [3.05, 3.63) is 0 Å².